The fourth-order valence-corrected chi connectivity index (χ4v) is 11.0. The number of hydrogen-bond donors (Lipinski definition) is 2. The number of piperidine rings is 2. The second-order valence-electron chi connectivity index (χ2n) is 18.7. The summed E-state index contributed by atoms with van der Waals surface area (Å²) in [5.74, 6) is -1.50. The van der Waals surface area contributed by atoms with Gasteiger partial charge in [0, 0.05) is 80.4 Å². The number of fused-ring (bicyclic) bond motifs is 1. The number of nitriles is 1. The quantitative estimate of drug-likeness (QED) is 0.258. The monoisotopic (exact) mass is 866 g/mol. The smallest absolute Gasteiger partial charge is 0.262 e. The lowest BCUT2D eigenvalue weighted by atomic mass is 9.49. The number of amides is 5. The average molecular weight is 867 g/mol. The van der Waals surface area contributed by atoms with Gasteiger partial charge < -0.3 is 19.9 Å². The zero-order valence-corrected chi connectivity index (χ0v) is 36.6. The summed E-state index contributed by atoms with van der Waals surface area (Å²) < 4.78 is 22.1. The Morgan fingerprint density at radius 2 is 1.61 bits per heavy atom. The molecule has 0 spiro atoms. The number of pyridine rings is 1. The van der Waals surface area contributed by atoms with E-state index in [1.807, 2.05) is 17.0 Å². The average Bonchev–Trinajstić information content (AvgIpc) is 3.47. The number of halogens is 2. The fourth-order valence-electron chi connectivity index (χ4n) is 10.8. The van der Waals surface area contributed by atoms with Crippen molar-refractivity contribution in [2.45, 2.75) is 97.5 Å². The maximum Gasteiger partial charge on any atom is 0.262 e. The van der Waals surface area contributed by atoms with Gasteiger partial charge in [-0.25, -0.2) is 9.37 Å². The summed E-state index contributed by atoms with van der Waals surface area (Å²) in [7, 11) is 0. The fraction of sp³-hybridized carbons (Fsp3) is 0.500. The molecule has 1 aliphatic carbocycles. The molecule has 14 nitrogen and oxygen atoms in total. The van der Waals surface area contributed by atoms with Gasteiger partial charge in [0.05, 0.1) is 33.0 Å². The number of nitrogens with one attached hydrogen (secondary N) is 2. The molecule has 4 aliphatic heterocycles. The van der Waals surface area contributed by atoms with Gasteiger partial charge in [-0.3, -0.25) is 39.1 Å². The van der Waals surface area contributed by atoms with Crippen LogP contribution >= 0.6 is 11.6 Å². The summed E-state index contributed by atoms with van der Waals surface area (Å²) in [4.78, 5) is 76.6. The lowest BCUT2D eigenvalue weighted by molar-refractivity contribution is -0.164. The minimum absolute atomic E-state index is 0.00816. The number of anilines is 2. The maximum atomic E-state index is 15.7. The van der Waals surface area contributed by atoms with Crippen LogP contribution in [0.25, 0.3) is 0 Å². The predicted molar refractivity (Wildman–Crippen MR) is 229 cm³/mol. The molecule has 2 aromatic carbocycles. The van der Waals surface area contributed by atoms with E-state index in [2.05, 4.69) is 68.0 Å². The van der Waals surface area contributed by atoms with Crippen LogP contribution in [0.4, 0.5) is 15.9 Å². The van der Waals surface area contributed by atoms with Crippen LogP contribution in [0.15, 0.2) is 48.7 Å². The summed E-state index contributed by atoms with van der Waals surface area (Å²) >= 11 is 6.25. The molecule has 2 N–H and O–H groups in total. The highest BCUT2D eigenvalue weighted by atomic mass is 35.5. The highest BCUT2D eigenvalue weighted by Crippen LogP contribution is 2.55. The van der Waals surface area contributed by atoms with Crippen LogP contribution in [-0.4, -0.2) is 107 Å². The Kier molecular flexibility index (Phi) is 11.3. The Balaban J connectivity index is 0.828. The van der Waals surface area contributed by atoms with Gasteiger partial charge in [-0.15, -0.1) is 0 Å². The van der Waals surface area contributed by atoms with Crippen molar-refractivity contribution in [2.75, 3.05) is 42.5 Å². The third-order valence-corrected chi connectivity index (χ3v) is 14.1. The van der Waals surface area contributed by atoms with E-state index in [1.54, 1.807) is 24.4 Å². The number of carbonyl (C=O) groups is 5. The SMILES string of the molecule is CC1CN(c2cc3c(cc2F)C(=O)N(C2CCC(=O)NC2=O)C3=O)CC(C)N1CC1CCN(c2ccc(C(=O)NC3C(C)(C)C(Oc4ccc(C#N)c(Cl)c4)C3(C)C)cn2)CC1. The standard InChI is InChI=1S/C46H52ClFN8O6/c1-25-22-54(36-19-32-31(18-34(36)48)41(60)56(42(32)61)35-10-12-38(57)51-40(35)59)23-26(2)55(25)24-27-13-15-53(16-14-27)37-11-8-29(21-50-37)39(58)52-43-45(3,4)44(46(43,5)6)62-30-9-7-28(20-49)33(47)17-30/h7-9,11,17-19,21,25-27,35,43-44H,10,12-16,22-24H2,1-6H3,(H,52,58)(H,51,57,59). The van der Waals surface area contributed by atoms with Crippen molar-refractivity contribution in [3.63, 3.8) is 0 Å². The van der Waals surface area contributed by atoms with E-state index >= 15 is 4.39 Å². The zero-order chi connectivity index (χ0) is 44.4. The highest BCUT2D eigenvalue weighted by molar-refractivity contribution is 6.31. The predicted octanol–water partition coefficient (Wildman–Crippen LogP) is 5.57. The third-order valence-electron chi connectivity index (χ3n) is 13.8. The second-order valence-corrected chi connectivity index (χ2v) is 19.1. The third kappa shape index (κ3) is 7.65. The minimum Gasteiger partial charge on any atom is -0.489 e. The molecule has 1 aromatic heterocycles. The molecule has 5 heterocycles. The molecule has 326 valence electrons. The van der Waals surface area contributed by atoms with Gasteiger partial charge in [-0.05, 0) is 75.4 Å². The van der Waals surface area contributed by atoms with Crippen LogP contribution in [0.3, 0.4) is 0 Å². The molecule has 3 aromatic rings. The summed E-state index contributed by atoms with van der Waals surface area (Å²) in [5, 5.41) is 15.0. The van der Waals surface area contributed by atoms with E-state index in [0.29, 0.717) is 40.9 Å². The van der Waals surface area contributed by atoms with E-state index in [0.717, 1.165) is 49.3 Å². The van der Waals surface area contributed by atoms with E-state index in [-0.39, 0.29) is 59.8 Å². The van der Waals surface area contributed by atoms with Crippen LogP contribution in [-0.2, 0) is 9.59 Å². The summed E-state index contributed by atoms with van der Waals surface area (Å²) in [6.45, 7) is 16.1. The van der Waals surface area contributed by atoms with Gasteiger partial charge in [0.2, 0.25) is 11.8 Å². The number of piperazine rings is 1. The first kappa shape index (κ1) is 43.1. The molecule has 3 unspecified atom stereocenters. The van der Waals surface area contributed by atoms with Gasteiger partial charge in [-0.1, -0.05) is 39.3 Å². The molecule has 16 heteroatoms. The molecule has 3 atom stereocenters. The molecule has 5 aliphatic rings. The Morgan fingerprint density at radius 3 is 2.21 bits per heavy atom. The normalized spacial score (nSPS) is 26.1. The Morgan fingerprint density at radius 1 is 0.952 bits per heavy atom. The van der Waals surface area contributed by atoms with Crippen molar-refractivity contribution in [1.29, 1.82) is 5.26 Å². The molecule has 0 radical (unpaired) electrons. The van der Waals surface area contributed by atoms with E-state index in [4.69, 9.17) is 21.3 Å². The molecule has 4 fully saturated rings. The Hall–Kier alpha value is -5.59. The summed E-state index contributed by atoms with van der Waals surface area (Å²) in [6.07, 6.45) is 3.39. The Bertz CT molecular complexity index is 2350. The number of nitrogens with zero attached hydrogens (tertiary/aromatic N) is 6. The topological polar surface area (TPSA) is 168 Å². The number of benzene rings is 2. The van der Waals surface area contributed by atoms with Crippen LogP contribution in [0.2, 0.25) is 5.02 Å². The van der Waals surface area contributed by atoms with E-state index in [9.17, 15) is 29.2 Å². The van der Waals surface area contributed by atoms with E-state index < -0.39 is 46.3 Å². The lowest BCUT2D eigenvalue weighted by Gasteiger charge is -2.63. The number of hydrogen-bond acceptors (Lipinski definition) is 11. The Labute approximate surface area is 365 Å². The van der Waals surface area contributed by atoms with Crippen molar-refractivity contribution in [3.05, 3.63) is 81.8 Å². The molecule has 1 saturated carbocycles. The molecule has 5 amide bonds. The largest absolute Gasteiger partial charge is 0.489 e. The number of carbonyl (C=O) groups excluding carboxylic acids is 5. The molecule has 0 bridgehead atoms. The number of aromatic nitrogens is 1. The van der Waals surface area contributed by atoms with Crippen molar-refractivity contribution in [2.24, 2.45) is 16.7 Å². The maximum absolute atomic E-state index is 15.7. The second kappa shape index (κ2) is 16.3. The summed E-state index contributed by atoms with van der Waals surface area (Å²) in [5.41, 5.74) is 0.317. The minimum atomic E-state index is -1.11. The van der Waals surface area contributed by atoms with Crippen LogP contribution in [0.1, 0.15) is 104 Å². The molecule has 3 saturated heterocycles. The van der Waals surface area contributed by atoms with Crippen LogP contribution in [0.5, 0.6) is 5.75 Å². The molecule has 8 rings (SSSR count). The summed E-state index contributed by atoms with van der Waals surface area (Å²) in [6, 6.07) is 12.2. The molecular weight excluding hydrogens is 815 g/mol. The molecular formula is C46H52ClFN8O6. The first-order valence-electron chi connectivity index (χ1n) is 21.3. The molecule has 62 heavy (non-hydrogen) atoms. The van der Waals surface area contributed by atoms with E-state index in [1.165, 1.54) is 6.07 Å². The van der Waals surface area contributed by atoms with Gasteiger partial charge in [0.1, 0.15) is 35.6 Å². The van der Waals surface area contributed by atoms with Crippen LogP contribution < -0.4 is 25.2 Å². The van der Waals surface area contributed by atoms with Crippen molar-refractivity contribution >= 4 is 52.6 Å². The number of rotatable bonds is 9. The van der Waals surface area contributed by atoms with Gasteiger partial charge in [0.25, 0.3) is 17.7 Å². The first-order valence-corrected chi connectivity index (χ1v) is 21.7. The van der Waals surface area contributed by atoms with Crippen molar-refractivity contribution in [1.82, 2.24) is 25.4 Å². The van der Waals surface area contributed by atoms with Crippen molar-refractivity contribution < 1.29 is 33.1 Å². The highest BCUT2D eigenvalue weighted by Gasteiger charge is 2.64. The van der Waals surface area contributed by atoms with Crippen LogP contribution in [0, 0.1) is 33.9 Å². The van der Waals surface area contributed by atoms with Gasteiger partial charge >= 0.3 is 0 Å². The number of ether oxygens (including phenoxy) is 1. The zero-order valence-electron chi connectivity index (χ0n) is 35.8. The lowest BCUT2D eigenvalue weighted by Crippen LogP contribution is -2.74. The van der Waals surface area contributed by atoms with Gasteiger partial charge in [-0.2, -0.15) is 5.26 Å². The number of imide groups is 2. The van der Waals surface area contributed by atoms with Crippen molar-refractivity contribution in [3.8, 4) is 11.8 Å². The first-order chi connectivity index (χ1) is 29.4. The van der Waals surface area contributed by atoms with Gasteiger partial charge in [0.15, 0.2) is 0 Å².